The monoisotopic (exact) mass is 338 g/mol. The van der Waals surface area contributed by atoms with Gasteiger partial charge in [-0.2, -0.15) is 5.10 Å². The lowest BCUT2D eigenvalue weighted by atomic mass is 9.99. The van der Waals surface area contributed by atoms with E-state index in [4.69, 9.17) is 0 Å². The minimum Gasteiger partial charge on any atom is -0.348 e. The first-order chi connectivity index (χ1) is 12.1. The van der Waals surface area contributed by atoms with Crippen molar-refractivity contribution in [2.75, 3.05) is 13.1 Å². The second kappa shape index (κ2) is 6.64. The summed E-state index contributed by atoms with van der Waals surface area (Å²) in [6, 6.07) is 8.76. The summed E-state index contributed by atoms with van der Waals surface area (Å²) < 4.78 is 0. The fourth-order valence-electron chi connectivity index (χ4n) is 3.83. The first-order valence-electron chi connectivity index (χ1n) is 9.26. The van der Waals surface area contributed by atoms with Crippen LogP contribution < -0.4 is 5.32 Å². The van der Waals surface area contributed by atoms with E-state index in [2.05, 4.69) is 51.6 Å². The van der Waals surface area contributed by atoms with Gasteiger partial charge in [-0.05, 0) is 44.2 Å². The number of carbonyl (C=O) groups excluding carboxylic acids is 1. The van der Waals surface area contributed by atoms with Crippen LogP contribution >= 0.6 is 0 Å². The van der Waals surface area contributed by atoms with Crippen molar-refractivity contribution in [1.82, 2.24) is 20.4 Å². The summed E-state index contributed by atoms with van der Waals surface area (Å²) in [7, 11) is 0. The smallest absolute Gasteiger partial charge is 0.255 e. The van der Waals surface area contributed by atoms with Gasteiger partial charge >= 0.3 is 0 Å². The van der Waals surface area contributed by atoms with Gasteiger partial charge in [-0.25, -0.2) is 0 Å². The zero-order valence-electron chi connectivity index (χ0n) is 15.0. The van der Waals surface area contributed by atoms with Crippen LogP contribution in [-0.4, -0.2) is 40.1 Å². The molecule has 1 aromatic carbocycles. The molecule has 4 rings (SSSR count). The van der Waals surface area contributed by atoms with Gasteiger partial charge in [0.1, 0.15) is 0 Å². The fraction of sp³-hybridized carbons (Fsp3) is 0.500. The summed E-state index contributed by atoms with van der Waals surface area (Å²) in [6.07, 6.45) is 3.38. The molecule has 2 heterocycles. The van der Waals surface area contributed by atoms with E-state index in [0.29, 0.717) is 5.92 Å². The number of benzene rings is 1. The van der Waals surface area contributed by atoms with E-state index in [1.807, 2.05) is 6.92 Å². The van der Waals surface area contributed by atoms with Crippen molar-refractivity contribution in [3.05, 3.63) is 52.3 Å². The number of nitrogens with one attached hydrogen (secondary N) is 2. The molecule has 0 spiro atoms. The van der Waals surface area contributed by atoms with Crippen LogP contribution in [0.4, 0.5) is 0 Å². The molecule has 1 fully saturated rings. The van der Waals surface area contributed by atoms with Gasteiger partial charge in [-0.1, -0.05) is 24.3 Å². The normalized spacial score (nSPS) is 18.6. The van der Waals surface area contributed by atoms with Crippen molar-refractivity contribution in [3.8, 4) is 0 Å². The quantitative estimate of drug-likeness (QED) is 0.881. The molecule has 2 aromatic rings. The number of nitrogens with zero attached hydrogens (tertiary/aromatic N) is 2. The van der Waals surface area contributed by atoms with E-state index >= 15 is 0 Å². The molecule has 1 saturated carbocycles. The highest BCUT2D eigenvalue weighted by atomic mass is 16.1. The molecule has 2 N–H and O–H groups in total. The molecular weight excluding hydrogens is 312 g/mol. The lowest BCUT2D eigenvalue weighted by molar-refractivity contribution is 0.0925. The van der Waals surface area contributed by atoms with Gasteiger partial charge in [0.2, 0.25) is 0 Å². The van der Waals surface area contributed by atoms with Crippen LogP contribution in [0.2, 0.25) is 0 Å². The summed E-state index contributed by atoms with van der Waals surface area (Å²) in [4.78, 5) is 15.2. The minimum absolute atomic E-state index is 0.0121. The Balaban J connectivity index is 1.37. The number of hydrogen-bond donors (Lipinski definition) is 2. The molecule has 25 heavy (non-hydrogen) atoms. The molecule has 5 heteroatoms. The van der Waals surface area contributed by atoms with Crippen LogP contribution in [-0.2, 0) is 13.0 Å². The Bertz CT molecular complexity index is 778. The summed E-state index contributed by atoms with van der Waals surface area (Å²) in [5.74, 6) is 0.484. The van der Waals surface area contributed by atoms with Crippen molar-refractivity contribution in [3.63, 3.8) is 0 Å². The first-order valence-corrected chi connectivity index (χ1v) is 9.26. The van der Waals surface area contributed by atoms with Gasteiger partial charge in [0.05, 0.1) is 11.3 Å². The highest BCUT2D eigenvalue weighted by Gasteiger charge is 2.32. The third kappa shape index (κ3) is 3.47. The number of aromatic amines is 1. The molecule has 1 aliphatic carbocycles. The average Bonchev–Trinajstić information content (AvgIpc) is 3.36. The van der Waals surface area contributed by atoms with Crippen molar-refractivity contribution in [2.45, 2.75) is 51.6 Å². The zero-order valence-corrected chi connectivity index (χ0v) is 15.0. The maximum atomic E-state index is 12.7. The molecular formula is C20H26N4O. The summed E-state index contributed by atoms with van der Waals surface area (Å²) in [5.41, 5.74) is 5.46. The number of carbonyl (C=O) groups is 1. The number of amides is 1. The predicted molar refractivity (Wildman–Crippen MR) is 97.7 cm³/mol. The average molecular weight is 338 g/mol. The van der Waals surface area contributed by atoms with Gasteiger partial charge < -0.3 is 5.32 Å². The molecule has 1 unspecified atom stereocenters. The molecule has 1 amide bonds. The number of aromatic nitrogens is 2. The van der Waals surface area contributed by atoms with Crippen molar-refractivity contribution in [1.29, 1.82) is 0 Å². The number of aryl methyl sites for hydroxylation is 1. The van der Waals surface area contributed by atoms with E-state index in [0.717, 1.165) is 55.8 Å². The summed E-state index contributed by atoms with van der Waals surface area (Å²) in [5, 5.41) is 10.5. The summed E-state index contributed by atoms with van der Waals surface area (Å²) >= 11 is 0. The van der Waals surface area contributed by atoms with Crippen LogP contribution in [0.3, 0.4) is 0 Å². The van der Waals surface area contributed by atoms with E-state index in [1.54, 1.807) is 0 Å². The molecule has 0 bridgehead atoms. The lowest BCUT2D eigenvalue weighted by Crippen LogP contribution is -2.43. The first kappa shape index (κ1) is 16.3. The van der Waals surface area contributed by atoms with E-state index in [1.165, 1.54) is 11.1 Å². The van der Waals surface area contributed by atoms with Gasteiger partial charge in [0, 0.05) is 37.3 Å². The van der Waals surface area contributed by atoms with Crippen LogP contribution in [0, 0.1) is 6.92 Å². The van der Waals surface area contributed by atoms with Gasteiger partial charge in [-0.15, -0.1) is 0 Å². The Morgan fingerprint density at radius 2 is 2.12 bits per heavy atom. The zero-order chi connectivity index (χ0) is 17.4. The third-order valence-corrected chi connectivity index (χ3v) is 5.29. The molecule has 2 aliphatic rings. The Labute approximate surface area is 148 Å². The largest absolute Gasteiger partial charge is 0.348 e. The predicted octanol–water partition coefficient (Wildman–Crippen LogP) is 2.77. The standard InChI is InChI=1S/C20H26N4O/c1-13(11-24-10-9-15-5-3-4-6-17(15)12-24)21-20(25)18-14(2)22-23-19(18)16-7-8-16/h3-6,13,16H,7-12H2,1-2H3,(H,21,25)(H,22,23). The summed E-state index contributed by atoms with van der Waals surface area (Å²) in [6.45, 7) is 6.91. The second-order valence-corrected chi connectivity index (χ2v) is 7.51. The fourth-order valence-corrected chi connectivity index (χ4v) is 3.83. The molecule has 1 aliphatic heterocycles. The highest BCUT2D eigenvalue weighted by molar-refractivity contribution is 5.96. The second-order valence-electron chi connectivity index (χ2n) is 7.51. The topological polar surface area (TPSA) is 61.0 Å². The molecule has 1 aromatic heterocycles. The number of H-pyrrole nitrogens is 1. The number of fused-ring (bicyclic) bond motifs is 1. The van der Waals surface area contributed by atoms with Crippen molar-refractivity contribution < 1.29 is 4.79 Å². The maximum Gasteiger partial charge on any atom is 0.255 e. The molecule has 1 atom stereocenters. The van der Waals surface area contributed by atoms with E-state index < -0.39 is 0 Å². The van der Waals surface area contributed by atoms with Gasteiger partial charge in [0.15, 0.2) is 0 Å². The Morgan fingerprint density at radius 1 is 1.36 bits per heavy atom. The third-order valence-electron chi connectivity index (χ3n) is 5.29. The Hall–Kier alpha value is -2.14. The number of rotatable bonds is 5. The van der Waals surface area contributed by atoms with Crippen molar-refractivity contribution >= 4 is 5.91 Å². The highest BCUT2D eigenvalue weighted by Crippen LogP contribution is 2.41. The van der Waals surface area contributed by atoms with Crippen LogP contribution in [0.5, 0.6) is 0 Å². The minimum atomic E-state index is 0.0121. The molecule has 0 radical (unpaired) electrons. The SMILES string of the molecule is Cc1[nH]nc(C2CC2)c1C(=O)NC(C)CN1CCc2ccccc2C1. The number of hydrogen-bond acceptors (Lipinski definition) is 3. The van der Waals surface area contributed by atoms with Crippen LogP contribution in [0.1, 0.15) is 58.6 Å². The van der Waals surface area contributed by atoms with Crippen LogP contribution in [0.15, 0.2) is 24.3 Å². The lowest BCUT2D eigenvalue weighted by Gasteiger charge is -2.31. The molecule has 0 saturated heterocycles. The van der Waals surface area contributed by atoms with Gasteiger partial charge in [-0.3, -0.25) is 14.8 Å². The van der Waals surface area contributed by atoms with E-state index in [9.17, 15) is 4.79 Å². The van der Waals surface area contributed by atoms with Crippen molar-refractivity contribution in [2.24, 2.45) is 0 Å². The van der Waals surface area contributed by atoms with Crippen LogP contribution in [0.25, 0.3) is 0 Å². The Morgan fingerprint density at radius 3 is 2.88 bits per heavy atom. The maximum absolute atomic E-state index is 12.7. The molecule has 5 nitrogen and oxygen atoms in total. The Kier molecular flexibility index (Phi) is 4.34. The van der Waals surface area contributed by atoms with Gasteiger partial charge in [0.25, 0.3) is 5.91 Å². The van der Waals surface area contributed by atoms with E-state index in [-0.39, 0.29) is 11.9 Å². The molecule has 132 valence electrons.